The van der Waals surface area contributed by atoms with E-state index in [0.29, 0.717) is 10.8 Å². The Hall–Kier alpha value is -2.64. The van der Waals surface area contributed by atoms with Crippen molar-refractivity contribution in [2.75, 3.05) is 6.26 Å². The molecule has 5 nitrogen and oxygen atoms in total. The van der Waals surface area contributed by atoms with Crippen molar-refractivity contribution in [1.29, 1.82) is 0 Å². The molecule has 0 unspecified atom stereocenters. The fourth-order valence-electron chi connectivity index (χ4n) is 2.92. The lowest BCUT2D eigenvalue weighted by Gasteiger charge is -2.24. The van der Waals surface area contributed by atoms with Gasteiger partial charge in [-0.2, -0.15) is 0 Å². The van der Waals surface area contributed by atoms with Crippen molar-refractivity contribution in [3.05, 3.63) is 58.1 Å². The van der Waals surface area contributed by atoms with Crippen molar-refractivity contribution in [3.8, 4) is 5.75 Å². The number of nitrogens with zero attached hydrogens (tertiary/aromatic N) is 1. The number of hydrogen-bond donors (Lipinski definition) is 1. The number of benzene rings is 2. The van der Waals surface area contributed by atoms with Crippen LogP contribution in [0.25, 0.3) is 16.3 Å². The summed E-state index contributed by atoms with van der Waals surface area (Å²) >= 11 is 3.04. The number of aryl methyl sites for hydroxylation is 2. The summed E-state index contributed by atoms with van der Waals surface area (Å²) in [7, 11) is 0. The fraction of sp³-hybridized carbons (Fsp3) is 0.261. The predicted octanol–water partition coefficient (Wildman–Crippen LogP) is 5.77. The molecule has 1 heterocycles. The third-order valence-electron chi connectivity index (χ3n) is 4.59. The molecular formula is C23H23NO4S2. The van der Waals surface area contributed by atoms with Gasteiger partial charge in [0.1, 0.15) is 5.75 Å². The first-order valence-electron chi connectivity index (χ1n) is 9.31. The van der Waals surface area contributed by atoms with E-state index < -0.39 is 11.6 Å². The van der Waals surface area contributed by atoms with Crippen LogP contribution in [-0.4, -0.2) is 33.7 Å². The van der Waals surface area contributed by atoms with Gasteiger partial charge >= 0.3 is 5.97 Å². The van der Waals surface area contributed by atoms with Gasteiger partial charge in [0.15, 0.2) is 10.6 Å². The van der Waals surface area contributed by atoms with Crippen LogP contribution >= 0.6 is 23.1 Å². The van der Waals surface area contributed by atoms with E-state index in [4.69, 9.17) is 4.74 Å². The molecule has 156 valence electrons. The third-order valence-corrected chi connectivity index (χ3v) is 6.35. The van der Waals surface area contributed by atoms with Gasteiger partial charge in [0.05, 0.1) is 10.2 Å². The second-order valence-corrected chi connectivity index (χ2v) is 9.36. The average molecular weight is 442 g/mol. The molecule has 7 heteroatoms. The minimum absolute atomic E-state index is 0.149. The first-order chi connectivity index (χ1) is 14.1. The van der Waals surface area contributed by atoms with Gasteiger partial charge in [0.25, 0.3) is 0 Å². The Balaban J connectivity index is 1.82. The van der Waals surface area contributed by atoms with Crippen molar-refractivity contribution in [3.63, 3.8) is 0 Å². The maximum atomic E-state index is 12.6. The number of ether oxygens (including phenoxy) is 1. The summed E-state index contributed by atoms with van der Waals surface area (Å²) in [6.07, 6.45) is 5.27. The van der Waals surface area contributed by atoms with E-state index in [0.717, 1.165) is 31.8 Å². The number of carbonyl (C=O) groups is 2. The minimum atomic E-state index is -1.33. The molecule has 0 amide bonds. The molecule has 1 N–H and O–H groups in total. The minimum Gasteiger partial charge on any atom is -0.478 e. The van der Waals surface area contributed by atoms with E-state index in [1.165, 1.54) is 31.3 Å². The summed E-state index contributed by atoms with van der Waals surface area (Å²) < 4.78 is 6.72. The number of aromatic nitrogens is 1. The average Bonchev–Trinajstić information content (AvgIpc) is 3.12. The molecule has 1 aromatic heterocycles. The lowest BCUT2D eigenvalue weighted by molar-refractivity contribution is -0.152. The molecule has 0 saturated heterocycles. The van der Waals surface area contributed by atoms with Crippen LogP contribution in [0.1, 0.15) is 40.3 Å². The van der Waals surface area contributed by atoms with Crippen LogP contribution in [0.4, 0.5) is 0 Å². The van der Waals surface area contributed by atoms with Gasteiger partial charge in [-0.3, -0.25) is 4.79 Å². The van der Waals surface area contributed by atoms with Crippen molar-refractivity contribution in [2.24, 2.45) is 0 Å². The topological polar surface area (TPSA) is 76.5 Å². The quantitative estimate of drug-likeness (QED) is 0.285. The second kappa shape index (κ2) is 8.62. The first kappa shape index (κ1) is 22.1. The van der Waals surface area contributed by atoms with Crippen molar-refractivity contribution in [2.45, 2.75) is 38.2 Å². The van der Waals surface area contributed by atoms with Crippen molar-refractivity contribution < 1.29 is 19.4 Å². The Morgan fingerprint density at radius 2 is 1.83 bits per heavy atom. The number of carboxylic acids is 1. The number of rotatable bonds is 7. The SMILES string of the molecule is CSc1ccc2nc(C(=O)/C=C/c3cc(C)c(OC(C)(C)C(=O)O)c(C)c3)sc2c1. The highest BCUT2D eigenvalue weighted by molar-refractivity contribution is 7.98. The molecule has 30 heavy (non-hydrogen) atoms. The van der Waals surface area contributed by atoms with Crippen LogP contribution in [0, 0.1) is 13.8 Å². The molecule has 0 aliphatic rings. The number of carbonyl (C=O) groups excluding carboxylic acids is 1. The van der Waals surface area contributed by atoms with Crippen LogP contribution in [0.2, 0.25) is 0 Å². The lowest BCUT2D eigenvalue weighted by atomic mass is 10.0. The Kier molecular flexibility index (Phi) is 6.33. The van der Waals surface area contributed by atoms with Crippen LogP contribution in [-0.2, 0) is 4.79 Å². The van der Waals surface area contributed by atoms with E-state index in [9.17, 15) is 14.7 Å². The molecule has 0 aliphatic heterocycles. The first-order valence-corrected chi connectivity index (χ1v) is 11.4. The van der Waals surface area contributed by atoms with E-state index in [1.54, 1.807) is 17.8 Å². The Morgan fingerprint density at radius 3 is 2.43 bits per heavy atom. The van der Waals surface area contributed by atoms with Gasteiger partial charge in [-0.05, 0) is 87.0 Å². The molecule has 0 saturated carbocycles. The maximum Gasteiger partial charge on any atom is 0.347 e. The zero-order chi connectivity index (χ0) is 22.1. The zero-order valence-electron chi connectivity index (χ0n) is 17.5. The van der Waals surface area contributed by atoms with E-state index >= 15 is 0 Å². The van der Waals surface area contributed by atoms with Gasteiger partial charge in [-0.15, -0.1) is 23.1 Å². The molecule has 0 bridgehead atoms. The highest BCUT2D eigenvalue weighted by Gasteiger charge is 2.30. The second-order valence-electron chi connectivity index (χ2n) is 7.45. The van der Waals surface area contributed by atoms with Crippen molar-refractivity contribution in [1.82, 2.24) is 4.98 Å². The van der Waals surface area contributed by atoms with Gasteiger partial charge in [-0.25, -0.2) is 9.78 Å². The Labute approximate surface area is 183 Å². The van der Waals surface area contributed by atoms with Crippen LogP contribution in [0.5, 0.6) is 5.75 Å². The number of thiazole rings is 1. The summed E-state index contributed by atoms with van der Waals surface area (Å²) in [6.45, 7) is 6.74. The predicted molar refractivity (Wildman–Crippen MR) is 123 cm³/mol. The summed E-state index contributed by atoms with van der Waals surface area (Å²) in [5, 5.41) is 9.75. The molecule has 0 aliphatic carbocycles. The summed E-state index contributed by atoms with van der Waals surface area (Å²) in [5.74, 6) is -0.637. The zero-order valence-corrected chi connectivity index (χ0v) is 19.1. The summed E-state index contributed by atoms with van der Waals surface area (Å²) in [4.78, 5) is 29.5. The van der Waals surface area contributed by atoms with Crippen molar-refractivity contribution >= 4 is 51.1 Å². The molecule has 0 spiro atoms. The van der Waals surface area contributed by atoms with Crippen LogP contribution in [0.3, 0.4) is 0 Å². The fourth-order valence-corrected chi connectivity index (χ4v) is 4.36. The monoisotopic (exact) mass is 441 g/mol. The number of aliphatic carboxylic acids is 1. The number of ketones is 1. The molecule has 0 atom stereocenters. The molecule has 0 fully saturated rings. The number of fused-ring (bicyclic) bond motifs is 1. The number of allylic oxidation sites excluding steroid dienone is 1. The van der Waals surface area contributed by atoms with Crippen LogP contribution in [0.15, 0.2) is 41.3 Å². The van der Waals surface area contributed by atoms with Gasteiger partial charge < -0.3 is 9.84 Å². The highest BCUT2D eigenvalue weighted by Crippen LogP contribution is 2.30. The Morgan fingerprint density at radius 1 is 1.17 bits per heavy atom. The van der Waals surface area contributed by atoms with E-state index in [2.05, 4.69) is 4.98 Å². The largest absolute Gasteiger partial charge is 0.478 e. The summed E-state index contributed by atoms with van der Waals surface area (Å²) in [6, 6.07) is 9.71. The third kappa shape index (κ3) is 4.74. The van der Waals surface area contributed by atoms with Gasteiger partial charge in [0.2, 0.25) is 5.78 Å². The highest BCUT2D eigenvalue weighted by atomic mass is 32.2. The smallest absolute Gasteiger partial charge is 0.347 e. The summed E-state index contributed by atoms with van der Waals surface area (Å²) in [5.41, 5.74) is 1.95. The molecule has 3 aromatic rings. The number of hydrogen-bond acceptors (Lipinski definition) is 6. The Bertz CT molecular complexity index is 1140. The molecule has 0 radical (unpaired) electrons. The lowest BCUT2D eigenvalue weighted by Crippen LogP contribution is -2.38. The maximum absolute atomic E-state index is 12.6. The van der Waals surface area contributed by atoms with E-state index in [-0.39, 0.29) is 5.78 Å². The standard InChI is InChI=1S/C23H23NO4S2/c1-13-10-15(11-14(2)20(13)28-23(3,4)22(26)27)6-9-18(25)21-24-17-8-7-16(29-5)12-19(17)30-21/h6-12H,1-5H3,(H,26,27)/b9-6+. The number of carboxylic acid groups (broad SMARTS) is 1. The van der Waals surface area contributed by atoms with Crippen LogP contribution < -0.4 is 4.74 Å². The van der Waals surface area contributed by atoms with Gasteiger partial charge in [0, 0.05) is 4.90 Å². The molecule has 2 aromatic carbocycles. The number of thioether (sulfide) groups is 1. The van der Waals surface area contributed by atoms with E-state index in [1.807, 2.05) is 50.4 Å². The van der Waals surface area contributed by atoms with Gasteiger partial charge in [-0.1, -0.05) is 6.08 Å². The molecular weight excluding hydrogens is 418 g/mol. The molecule has 3 rings (SSSR count). The normalized spacial score (nSPS) is 11.9.